The van der Waals surface area contributed by atoms with Crippen LogP contribution < -0.4 is 0 Å². The number of fused-ring (bicyclic) bond motifs is 1. The number of hydrogen-bond acceptors (Lipinski definition) is 4. The molecule has 0 unspecified atom stereocenters. The SMILES string of the molecule is CCOP(=O)(OCC)[C@H](O)c1cccc2ccccc12. The van der Waals surface area contributed by atoms with E-state index in [4.69, 9.17) is 9.05 Å². The van der Waals surface area contributed by atoms with Gasteiger partial charge in [0.05, 0.1) is 13.2 Å². The van der Waals surface area contributed by atoms with Crippen LogP contribution in [0.2, 0.25) is 0 Å². The van der Waals surface area contributed by atoms with E-state index in [1.54, 1.807) is 19.9 Å². The standard InChI is InChI=1S/C15H19O4P/c1-3-18-20(17,19-4-2)15(16)14-11-7-9-12-8-5-6-10-13(12)14/h5-11,15-16H,3-4H2,1-2H3/t15-/m0/s1. The molecule has 0 saturated heterocycles. The second kappa shape index (κ2) is 6.51. The molecule has 1 N–H and O–H groups in total. The number of rotatable bonds is 6. The largest absolute Gasteiger partial charge is 0.376 e. The first-order valence-electron chi connectivity index (χ1n) is 6.67. The van der Waals surface area contributed by atoms with E-state index in [1.165, 1.54) is 0 Å². The van der Waals surface area contributed by atoms with Crippen LogP contribution in [0, 0.1) is 0 Å². The fraction of sp³-hybridized carbons (Fsp3) is 0.333. The second-order valence-electron chi connectivity index (χ2n) is 4.32. The molecule has 1 atom stereocenters. The molecule has 0 bridgehead atoms. The van der Waals surface area contributed by atoms with Gasteiger partial charge in [-0.1, -0.05) is 42.5 Å². The number of aliphatic hydroxyl groups excluding tert-OH is 1. The van der Waals surface area contributed by atoms with E-state index in [0.717, 1.165) is 10.8 Å². The molecule has 2 aromatic rings. The Morgan fingerprint density at radius 2 is 1.65 bits per heavy atom. The van der Waals surface area contributed by atoms with E-state index >= 15 is 0 Å². The van der Waals surface area contributed by atoms with Crippen LogP contribution >= 0.6 is 7.60 Å². The van der Waals surface area contributed by atoms with Gasteiger partial charge in [-0.15, -0.1) is 0 Å². The van der Waals surface area contributed by atoms with Crippen molar-refractivity contribution in [1.29, 1.82) is 0 Å². The van der Waals surface area contributed by atoms with Crippen molar-refractivity contribution in [2.24, 2.45) is 0 Å². The van der Waals surface area contributed by atoms with Crippen molar-refractivity contribution in [2.45, 2.75) is 19.7 Å². The molecule has 0 fully saturated rings. The Morgan fingerprint density at radius 3 is 2.30 bits per heavy atom. The van der Waals surface area contributed by atoms with Gasteiger partial charge in [0.25, 0.3) is 0 Å². The number of aliphatic hydroxyl groups is 1. The Bertz CT molecular complexity index is 611. The number of benzene rings is 2. The van der Waals surface area contributed by atoms with E-state index in [1.807, 2.05) is 36.4 Å². The maximum Gasteiger partial charge on any atom is 0.363 e. The van der Waals surface area contributed by atoms with Crippen LogP contribution in [0.5, 0.6) is 0 Å². The summed E-state index contributed by atoms with van der Waals surface area (Å²) in [6.45, 7) is 3.89. The Morgan fingerprint density at radius 1 is 1.05 bits per heavy atom. The first-order valence-corrected chi connectivity index (χ1v) is 8.28. The van der Waals surface area contributed by atoms with Crippen LogP contribution in [0.15, 0.2) is 42.5 Å². The van der Waals surface area contributed by atoms with E-state index < -0.39 is 13.4 Å². The van der Waals surface area contributed by atoms with Crippen molar-refractivity contribution in [1.82, 2.24) is 0 Å². The fourth-order valence-electron chi connectivity index (χ4n) is 2.18. The third kappa shape index (κ3) is 2.94. The molecule has 0 spiro atoms. The van der Waals surface area contributed by atoms with Crippen molar-refractivity contribution in [3.8, 4) is 0 Å². The molecule has 0 aliphatic heterocycles. The third-order valence-corrected chi connectivity index (χ3v) is 5.13. The highest BCUT2D eigenvalue weighted by molar-refractivity contribution is 7.54. The quantitative estimate of drug-likeness (QED) is 0.815. The first kappa shape index (κ1) is 15.2. The molecule has 20 heavy (non-hydrogen) atoms. The van der Waals surface area contributed by atoms with Crippen LogP contribution in [0.3, 0.4) is 0 Å². The molecule has 0 saturated carbocycles. The van der Waals surface area contributed by atoms with E-state index in [-0.39, 0.29) is 13.2 Å². The molecule has 0 radical (unpaired) electrons. The van der Waals surface area contributed by atoms with Crippen molar-refractivity contribution in [3.05, 3.63) is 48.0 Å². The molecule has 2 aromatic carbocycles. The monoisotopic (exact) mass is 294 g/mol. The lowest BCUT2D eigenvalue weighted by molar-refractivity contribution is 0.151. The predicted molar refractivity (Wildman–Crippen MR) is 79.8 cm³/mol. The molecule has 2 rings (SSSR count). The average molecular weight is 294 g/mol. The molecule has 0 heterocycles. The Balaban J connectivity index is 2.49. The lowest BCUT2D eigenvalue weighted by atomic mass is 10.1. The van der Waals surface area contributed by atoms with E-state index in [0.29, 0.717) is 5.56 Å². The van der Waals surface area contributed by atoms with Gasteiger partial charge in [0, 0.05) is 5.56 Å². The molecule has 5 heteroatoms. The van der Waals surface area contributed by atoms with Gasteiger partial charge in [-0.3, -0.25) is 4.57 Å². The molecule has 0 aromatic heterocycles. The second-order valence-corrected chi connectivity index (χ2v) is 6.40. The van der Waals surface area contributed by atoms with Gasteiger partial charge < -0.3 is 14.2 Å². The van der Waals surface area contributed by atoms with E-state index in [2.05, 4.69) is 0 Å². The molecule has 0 aliphatic carbocycles. The molecular formula is C15H19O4P. The third-order valence-electron chi connectivity index (χ3n) is 3.02. The predicted octanol–water partition coefficient (Wildman–Crippen LogP) is 4.10. The molecular weight excluding hydrogens is 275 g/mol. The van der Waals surface area contributed by atoms with E-state index in [9.17, 15) is 9.67 Å². The van der Waals surface area contributed by atoms with Crippen LogP contribution in [0.4, 0.5) is 0 Å². The van der Waals surface area contributed by atoms with Crippen molar-refractivity contribution >= 4 is 18.4 Å². The lowest BCUT2D eigenvalue weighted by Gasteiger charge is -2.23. The summed E-state index contributed by atoms with van der Waals surface area (Å²) in [7, 11) is -3.58. The lowest BCUT2D eigenvalue weighted by Crippen LogP contribution is -2.06. The van der Waals surface area contributed by atoms with Crippen molar-refractivity contribution in [2.75, 3.05) is 13.2 Å². The summed E-state index contributed by atoms with van der Waals surface area (Å²) < 4.78 is 23.1. The summed E-state index contributed by atoms with van der Waals surface area (Å²) >= 11 is 0. The zero-order valence-electron chi connectivity index (χ0n) is 11.7. The summed E-state index contributed by atoms with van der Waals surface area (Å²) in [6, 6.07) is 13.1. The van der Waals surface area contributed by atoms with Gasteiger partial charge in [-0.05, 0) is 24.6 Å². The van der Waals surface area contributed by atoms with Gasteiger partial charge >= 0.3 is 7.60 Å². The summed E-state index contributed by atoms with van der Waals surface area (Å²) in [5, 5.41) is 12.3. The smallest absolute Gasteiger partial charge is 0.363 e. The Labute approximate surface area is 118 Å². The summed E-state index contributed by atoms with van der Waals surface area (Å²) in [5.74, 6) is -1.28. The average Bonchev–Trinajstić information content (AvgIpc) is 2.46. The van der Waals surface area contributed by atoms with Gasteiger partial charge in [0.15, 0.2) is 5.85 Å². The number of hydrogen-bond donors (Lipinski definition) is 1. The fourth-order valence-corrected chi connectivity index (χ4v) is 3.83. The minimum absolute atomic E-state index is 0.221. The van der Waals surface area contributed by atoms with Crippen molar-refractivity contribution < 1.29 is 18.7 Å². The molecule has 108 valence electrons. The highest BCUT2D eigenvalue weighted by atomic mass is 31.2. The minimum atomic E-state index is -3.58. The highest BCUT2D eigenvalue weighted by Gasteiger charge is 2.36. The maximum absolute atomic E-state index is 12.7. The summed E-state index contributed by atoms with van der Waals surface area (Å²) in [5.41, 5.74) is 0.563. The summed E-state index contributed by atoms with van der Waals surface area (Å²) in [4.78, 5) is 0. The Kier molecular flexibility index (Phi) is 4.95. The normalized spacial score (nSPS) is 13.6. The highest BCUT2D eigenvalue weighted by Crippen LogP contribution is 2.60. The topological polar surface area (TPSA) is 55.8 Å². The van der Waals surface area contributed by atoms with Crippen LogP contribution in [-0.4, -0.2) is 18.3 Å². The molecule has 0 amide bonds. The Hall–Kier alpha value is -1.19. The summed E-state index contributed by atoms with van der Waals surface area (Å²) in [6.07, 6.45) is 0. The van der Waals surface area contributed by atoms with Gasteiger partial charge in [0.1, 0.15) is 0 Å². The van der Waals surface area contributed by atoms with Gasteiger partial charge in [-0.25, -0.2) is 0 Å². The van der Waals surface area contributed by atoms with Crippen LogP contribution in [-0.2, 0) is 13.6 Å². The van der Waals surface area contributed by atoms with Crippen molar-refractivity contribution in [3.63, 3.8) is 0 Å². The minimum Gasteiger partial charge on any atom is -0.376 e. The zero-order chi connectivity index (χ0) is 14.6. The maximum atomic E-state index is 12.7. The van der Waals surface area contributed by atoms with Gasteiger partial charge in [-0.2, -0.15) is 0 Å². The first-order chi connectivity index (χ1) is 9.62. The zero-order valence-corrected chi connectivity index (χ0v) is 12.5. The molecule has 0 aliphatic rings. The van der Waals surface area contributed by atoms with Gasteiger partial charge in [0.2, 0.25) is 0 Å². The molecule has 4 nitrogen and oxygen atoms in total. The van der Waals surface area contributed by atoms with Crippen LogP contribution in [0.25, 0.3) is 10.8 Å². The van der Waals surface area contributed by atoms with Crippen LogP contribution in [0.1, 0.15) is 25.3 Å².